The van der Waals surface area contributed by atoms with E-state index in [-0.39, 0.29) is 25.5 Å². The van der Waals surface area contributed by atoms with Crippen LogP contribution in [0.3, 0.4) is 0 Å². The Kier molecular flexibility index (Phi) is 5.36. The minimum atomic E-state index is -4.00. The quantitative estimate of drug-likeness (QED) is 0.704. The fourth-order valence-electron chi connectivity index (χ4n) is 3.30. The predicted molar refractivity (Wildman–Crippen MR) is 97.1 cm³/mol. The van der Waals surface area contributed by atoms with E-state index in [2.05, 4.69) is 0 Å². The average Bonchev–Trinajstić information content (AvgIpc) is 3.06. The van der Waals surface area contributed by atoms with Gasteiger partial charge in [0, 0.05) is 0 Å². The van der Waals surface area contributed by atoms with Crippen LogP contribution in [0, 0.1) is 18.6 Å². The van der Waals surface area contributed by atoms with Crippen molar-refractivity contribution in [3.8, 4) is 0 Å². The van der Waals surface area contributed by atoms with Crippen LogP contribution in [0.2, 0.25) is 0 Å². The molecule has 2 N–H and O–H groups in total. The summed E-state index contributed by atoms with van der Waals surface area (Å²) in [5.41, 5.74) is -0.624. The van der Waals surface area contributed by atoms with Crippen LogP contribution in [0.15, 0.2) is 34.0 Å². The Balaban J connectivity index is 1.44. The first-order chi connectivity index (χ1) is 13.7. The van der Waals surface area contributed by atoms with Crippen molar-refractivity contribution in [2.24, 2.45) is 0 Å². The van der Waals surface area contributed by atoms with E-state index in [0.717, 1.165) is 10.8 Å². The van der Waals surface area contributed by atoms with E-state index >= 15 is 0 Å². The van der Waals surface area contributed by atoms with Crippen molar-refractivity contribution < 1.29 is 32.0 Å². The maximum atomic E-state index is 13.5. The van der Waals surface area contributed by atoms with E-state index in [1.54, 1.807) is 13.0 Å². The first kappa shape index (κ1) is 20.3. The molecule has 29 heavy (non-hydrogen) atoms. The van der Waals surface area contributed by atoms with E-state index in [1.807, 2.05) is 4.98 Å². The zero-order valence-electron chi connectivity index (χ0n) is 15.3. The molecule has 4 rings (SSSR count). The van der Waals surface area contributed by atoms with Gasteiger partial charge in [0.2, 0.25) is 0 Å². The minimum absolute atomic E-state index is 0.0406. The van der Waals surface area contributed by atoms with Crippen LogP contribution in [0.5, 0.6) is 0 Å². The van der Waals surface area contributed by atoms with Gasteiger partial charge in [0.05, 0.1) is 0 Å². The summed E-state index contributed by atoms with van der Waals surface area (Å²) in [6, 6.07) is 4.17. The first-order valence-corrected chi connectivity index (χ1v) is 10.5. The Bertz CT molecular complexity index is 1050. The number of hydrogen-bond acceptors (Lipinski definition) is 7. The number of nitrogens with one attached hydrogen (secondary N) is 1. The third-order valence-corrected chi connectivity index (χ3v) is 6.50. The number of aromatic nitrogens is 2. The Hall–Kier alpha value is -2.01. The fraction of sp³-hybridized carbons (Fsp3) is 0.412. The van der Waals surface area contributed by atoms with Gasteiger partial charge in [0.1, 0.15) is 0 Å². The molecule has 0 spiro atoms. The molecule has 2 aliphatic heterocycles. The van der Waals surface area contributed by atoms with Gasteiger partial charge in [-0.3, -0.25) is 0 Å². The van der Waals surface area contributed by atoms with E-state index < -0.39 is 43.7 Å². The van der Waals surface area contributed by atoms with Crippen LogP contribution < -0.4 is 11.2 Å². The number of ether oxygens (including phenoxy) is 1. The van der Waals surface area contributed by atoms with Gasteiger partial charge >= 0.3 is 163 Å². The molecule has 2 saturated heterocycles. The predicted octanol–water partition coefficient (Wildman–Crippen LogP) is 1.45. The van der Waals surface area contributed by atoms with Crippen molar-refractivity contribution in [2.75, 3.05) is 6.61 Å². The van der Waals surface area contributed by atoms with E-state index in [9.17, 15) is 23.3 Å². The van der Waals surface area contributed by atoms with Crippen molar-refractivity contribution in [3.05, 3.63) is 68.0 Å². The number of aromatic amines is 1. The van der Waals surface area contributed by atoms with Gasteiger partial charge < -0.3 is 0 Å². The van der Waals surface area contributed by atoms with Crippen LogP contribution in [-0.4, -0.2) is 33.3 Å². The number of nitrogens with zero attached hydrogens (tertiary/aromatic N) is 1. The summed E-state index contributed by atoms with van der Waals surface area (Å²) in [6.45, 7) is 1.62. The van der Waals surface area contributed by atoms with Crippen LogP contribution in [-0.2, 0) is 24.9 Å². The monoisotopic (exact) mass is 432 g/mol. The number of benzene rings is 1. The molecule has 12 heteroatoms. The van der Waals surface area contributed by atoms with Crippen molar-refractivity contribution in [3.63, 3.8) is 0 Å². The standard InChI is InChI=1S/C17H19F2N2O7P/c1-9-4-11(18)3-2-10(9)7-25-29(24)26-8-14-13(28-29)5-15(27-14)21-6-12(19)16(22)20-17(21)23/h2-4,6,13-15,24,29H,5,7-8H2,1H3,(H,20,22,23)/t13-,14+,15+/m0/s1. The Morgan fingerprint density at radius 3 is 2.90 bits per heavy atom. The SMILES string of the molecule is Cc1cc(F)ccc1CO[PH]1(O)OC[C@H]2O[C@@H](n3cc(F)c(=O)[nH]c3=O)C[C@@H]2O1. The molecular formula is C17H19F2N2O7P. The van der Waals surface area contributed by atoms with Gasteiger partial charge in [-0.1, -0.05) is 0 Å². The summed E-state index contributed by atoms with van der Waals surface area (Å²) in [6.07, 6.45) is -1.27. The summed E-state index contributed by atoms with van der Waals surface area (Å²) in [5, 5.41) is 0. The second-order valence-corrected chi connectivity index (χ2v) is 8.72. The molecule has 2 aliphatic rings. The summed E-state index contributed by atoms with van der Waals surface area (Å²) in [5.74, 6) is -1.50. The molecule has 2 aromatic rings. The molecule has 0 amide bonds. The van der Waals surface area contributed by atoms with Gasteiger partial charge in [-0.2, -0.15) is 0 Å². The average molecular weight is 432 g/mol. The molecule has 0 radical (unpaired) electrons. The fourth-order valence-corrected chi connectivity index (χ4v) is 4.86. The molecule has 1 aromatic heterocycles. The summed E-state index contributed by atoms with van der Waals surface area (Å²) in [7, 11) is -4.00. The molecule has 0 unspecified atom stereocenters. The van der Waals surface area contributed by atoms with Crippen LogP contribution >= 0.6 is 8.17 Å². The summed E-state index contributed by atoms with van der Waals surface area (Å²) in [4.78, 5) is 35.5. The van der Waals surface area contributed by atoms with Gasteiger partial charge in [0.25, 0.3) is 0 Å². The summed E-state index contributed by atoms with van der Waals surface area (Å²) >= 11 is 0. The molecule has 2 fully saturated rings. The number of halogens is 2. The van der Waals surface area contributed by atoms with E-state index in [4.69, 9.17) is 18.3 Å². The van der Waals surface area contributed by atoms with Gasteiger partial charge in [-0.05, 0) is 0 Å². The van der Waals surface area contributed by atoms with Crippen molar-refractivity contribution in [2.45, 2.75) is 38.4 Å². The molecule has 0 bridgehead atoms. The maximum absolute atomic E-state index is 13.5. The molecule has 158 valence electrons. The molecular weight excluding hydrogens is 413 g/mol. The Morgan fingerprint density at radius 1 is 1.34 bits per heavy atom. The topological polar surface area (TPSA) is 112 Å². The number of rotatable bonds is 4. The van der Waals surface area contributed by atoms with Crippen molar-refractivity contribution in [1.29, 1.82) is 0 Å². The molecule has 0 saturated carbocycles. The third-order valence-electron chi connectivity index (χ3n) is 4.86. The van der Waals surface area contributed by atoms with Gasteiger partial charge in [0.15, 0.2) is 0 Å². The molecule has 3 atom stereocenters. The molecule has 0 aliphatic carbocycles. The third kappa shape index (κ3) is 4.16. The number of aryl methyl sites for hydroxylation is 1. The van der Waals surface area contributed by atoms with Crippen LogP contribution in [0.25, 0.3) is 0 Å². The normalized spacial score (nSPS) is 26.8. The first-order valence-electron chi connectivity index (χ1n) is 8.83. The molecule has 1 aromatic carbocycles. The second-order valence-electron chi connectivity index (χ2n) is 6.86. The van der Waals surface area contributed by atoms with Gasteiger partial charge in [-0.25, -0.2) is 0 Å². The number of hydrogen-bond donors (Lipinski definition) is 2. The summed E-state index contributed by atoms with van der Waals surface area (Å²) < 4.78 is 49.7. The van der Waals surface area contributed by atoms with Crippen LogP contribution in [0.4, 0.5) is 8.78 Å². The van der Waals surface area contributed by atoms with E-state index in [1.165, 1.54) is 12.1 Å². The van der Waals surface area contributed by atoms with Gasteiger partial charge in [-0.15, -0.1) is 0 Å². The number of fused-ring (bicyclic) bond motifs is 1. The molecule has 3 heterocycles. The molecule has 9 nitrogen and oxygen atoms in total. The Labute approximate surface area is 163 Å². The van der Waals surface area contributed by atoms with Crippen molar-refractivity contribution in [1.82, 2.24) is 9.55 Å². The second kappa shape index (κ2) is 7.67. The Morgan fingerprint density at radius 2 is 2.14 bits per heavy atom. The zero-order valence-corrected chi connectivity index (χ0v) is 16.3. The van der Waals surface area contributed by atoms with Crippen molar-refractivity contribution >= 4 is 8.17 Å². The van der Waals surface area contributed by atoms with Crippen LogP contribution in [0.1, 0.15) is 23.8 Å². The number of H-pyrrole nitrogens is 1. The van der Waals surface area contributed by atoms with E-state index in [0.29, 0.717) is 11.1 Å². The zero-order chi connectivity index (χ0) is 20.8.